The van der Waals surface area contributed by atoms with E-state index in [9.17, 15) is 9.59 Å². The van der Waals surface area contributed by atoms with E-state index in [-0.39, 0.29) is 23.4 Å². The summed E-state index contributed by atoms with van der Waals surface area (Å²) in [5, 5.41) is 3.28. The van der Waals surface area contributed by atoms with Crippen LogP contribution in [0.1, 0.15) is 63.0 Å². The summed E-state index contributed by atoms with van der Waals surface area (Å²) in [5.74, 6) is 0.984. The van der Waals surface area contributed by atoms with Gasteiger partial charge in [0.15, 0.2) is 5.65 Å². The van der Waals surface area contributed by atoms with Crippen molar-refractivity contribution in [3.05, 3.63) is 33.4 Å². The molecule has 2 aliphatic heterocycles. The van der Waals surface area contributed by atoms with E-state index in [1.165, 1.54) is 0 Å². The first-order valence-electron chi connectivity index (χ1n) is 10.6. The van der Waals surface area contributed by atoms with Crippen molar-refractivity contribution in [2.45, 2.75) is 65.1 Å². The van der Waals surface area contributed by atoms with Gasteiger partial charge in [-0.15, -0.1) is 0 Å². The highest BCUT2D eigenvalue weighted by molar-refractivity contribution is 5.82. The first kappa shape index (κ1) is 17.9. The smallest absolute Gasteiger partial charge is 0.276 e. The summed E-state index contributed by atoms with van der Waals surface area (Å²) in [4.78, 5) is 35.1. The quantitative estimate of drug-likeness (QED) is 0.881. The minimum absolute atomic E-state index is 0.0151. The molecule has 1 amide bonds. The molecule has 3 atom stereocenters. The van der Waals surface area contributed by atoms with Crippen LogP contribution in [0.15, 0.2) is 10.9 Å². The molecule has 1 aliphatic carbocycles. The molecule has 28 heavy (non-hydrogen) atoms. The molecule has 4 heterocycles. The molecule has 0 spiro atoms. The molecular formula is C21H29N5O2. The van der Waals surface area contributed by atoms with Gasteiger partial charge in [0.25, 0.3) is 5.56 Å². The summed E-state index contributed by atoms with van der Waals surface area (Å²) >= 11 is 0. The lowest BCUT2D eigenvalue weighted by Gasteiger charge is -2.30. The third-order valence-electron chi connectivity index (χ3n) is 6.87. The van der Waals surface area contributed by atoms with Crippen molar-refractivity contribution in [3.63, 3.8) is 0 Å². The SMILES string of the molecule is CC(C)N1CCc2c(nc3cc([C@H]4CCCN4C(=O)[C@@H]4C[C@H]4C)[nH]n3c2=O)C1. The number of carbonyl (C=O) groups is 1. The van der Waals surface area contributed by atoms with E-state index in [0.29, 0.717) is 17.6 Å². The van der Waals surface area contributed by atoms with Gasteiger partial charge in [0.05, 0.1) is 17.4 Å². The van der Waals surface area contributed by atoms with Crippen LogP contribution in [0.2, 0.25) is 0 Å². The standard InChI is InChI=1S/C21H29N5O2/c1-12(2)24-8-6-14-17(11-24)22-19-10-16(23-26(19)21(14)28)18-5-4-7-25(18)20(27)15-9-13(15)3/h10,12-13,15,18,23H,4-9,11H2,1-3H3/t13-,15-,18-/m1/s1. The molecule has 3 aliphatic rings. The molecule has 2 aromatic rings. The van der Waals surface area contributed by atoms with Crippen molar-refractivity contribution < 1.29 is 4.79 Å². The van der Waals surface area contributed by atoms with Gasteiger partial charge in [0, 0.05) is 43.2 Å². The van der Waals surface area contributed by atoms with Crippen molar-refractivity contribution >= 4 is 11.6 Å². The van der Waals surface area contributed by atoms with Gasteiger partial charge in [-0.2, -0.15) is 0 Å². The molecule has 7 heteroatoms. The lowest BCUT2D eigenvalue weighted by atomic mass is 10.1. The van der Waals surface area contributed by atoms with Crippen molar-refractivity contribution in [2.75, 3.05) is 13.1 Å². The molecule has 1 saturated carbocycles. The van der Waals surface area contributed by atoms with E-state index >= 15 is 0 Å². The van der Waals surface area contributed by atoms with Gasteiger partial charge in [-0.1, -0.05) is 6.92 Å². The van der Waals surface area contributed by atoms with Crippen LogP contribution in [0.3, 0.4) is 0 Å². The second-order valence-corrected chi connectivity index (χ2v) is 9.07. The summed E-state index contributed by atoms with van der Waals surface area (Å²) in [5.41, 5.74) is 3.35. The number of amides is 1. The number of carbonyl (C=O) groups excluding carboxylic acids is 1. The lowest BCUT2D eigenvalue weighted by molar-refractivity contribution is -0.133. The van der Waals surface area contributed by atoms with E-state index in [1.54, 1.807) is 4.52 Å². The van der Waals surface area contributed by atoms with E-state index in [2.05, 4.69) is 30.8 Å². The van der Waals surface area contributed by atoms with Crippen LogP contribution in [-0.2, 0) is 17.8 Å². The molecule has 1 N–H and O–H groups in total. The topological polar surface area (TPSA) is 73.7 Å². The molecule has 5 rings (SSSR count). The number of nitrogens with zero attached hydrogens (tertiary/aromatic N) is 4. The van der Waals surface area contributed by atoms with Crippen LogP contribution in [0, 0.1) is 11.8 Å². The Hall–Kier alpha value is -2.15. The summed E-state index contributed by atoms with van der Waals surface area (Å²) in [6.07, 6.45) is 3.70. The number of aromatic amines is 1. The molecule has 7 nitrogen and oxygen atoms in total. The van der Waals surface area contributed by atoms with Crippen LogP contribution >= 0.6 is 0 Å². The van der Waals surface area contributed by atoms with Crippen LogP contribution in [-0.4, -0.2) is 49.4 Å². The Labute approximate surface area is 164 Å². The van der Waals surface area contributed by atoms with Crippen LogP contribution < -0.4 is 5.56 Å². The molecular weight excluding hydrogens is 354 g/mol. The number of hydrogen-bond donors (Lipinski definition) is 1. The lowest BCUT2D eigenvalue weighted by Crippen LogP contribution is -2.39. The number of nitrogens with one attached hydrogen (secondary N) is 1. The fourth-order valence-electron chi connectivity index (χ4n) is 4.88. The Bertz CT molecular complexity index is 991. The largest absolute Gasteiger partial charge is 0.334 e. The minimum Gasteiger partial charge on any atom is -0.334 e. The number of aromatic nitrogens is 3. The second-order valence-electron chi connectivity index (χ2n) is 9.07. The number of H-pyrrole nitrogens is 1. The molecule has 0 aromatic carbocycles. The van der Waals surface area contributed by atoms with Gasteiger partial charge in [0.2, 0.25) is 5.91 Å². The minimum atomic E-state index is 0.0151. The zero-order valence-electron chi connectivity index (χ0n) is 16.9. The van der Waals surface area contributed by atoms with E-state index < -0.39 is 0 Å². The third kappa shape index (κ3) is 2.79. The van der Waals surface area contributed by atoms with Crippen molar-refractivity contribution in [3.8, 4) is 0 Å². The van der Waals surface area contributed by atoms with Crippen LogP contribution in [0.5, 0.6) is 0 Å². The zero-order valence-corrected chi connectivity index (χ0v) is 16.9. The van der Waals surface area contributed by atoms with E-state index in [4.69, 9.17) is 4.98 Å². The highest BCUT2D eigenvalue weighted by Crippen LogP contribution is 2.43. The Morgan fingerprint density at radius 3 is 2.82 bits per heavy atom. The number of fused-ring (bicyclic) bond motifs is 2. The second kappa shape index (κ2) is 6.44. The normalized spacial score (nSPS) is 27.6. The van der Waals surface area contributed by atoms with E-state index in [0.717, 1.165) is 62.3 Å². The number of rotatable bonds is 3. The van der Waals surface area contributed by atoms with Crippen molar-refractivity contribution in [1.82, 2.24) is 24.4 Å². The molecule has 2 aromatic heterocycles. The highest BCUT2D eigenvalue weighted by atomic mass is 16.2. The summed E-state index contributed by atoms with van der Waals surface area (Å²) in [6, 6.07) is 2.45. The predicted octanol–water partition coefficient (Wildman–Crippen LogP) is 2.11. The van der Waals surface area contributed by atoms with Gasteiger partial charge >= 0.3 is 0 Å². The summed E-state index contributed by atoms with van der Waals surface area (Å²) < 4.78 is 1.58. The van der Waals surface area contributed by atoms with E-state index in [1.807, 2.05) is 11.0 Å². The van der Waals surface area contributed by atoms with Gasteiger partial charge in [-0.05, 0) is 45.4 Å². The Morgan fingerprint density at radius 1 is 1.32 bits per heavy atom. The monoisotopic (exact) mass is 383 g/mol. The predicted molar refractivity (Wildman–Crippen MR) is 106 cm³/mol. The number of likely N-dealkylation sites (tertiary alicyclic amines) is 1. The van der Waals surface area contributed by atoms with Gasteiger partial charge in [0.1, 0.15) is 0 Å². The maximum Gasteiger partial charge on any atom is 0.276 e. The Morgan fingerprint density at radius 2 is 2.11 bits per heavy atom. The van der Waals surface area contributed by atoms with Gasteiger partial charge in [-0.25, -0.2) is 9.50 Å². The van der Waals surface area contributed by atoms with Crippen LogP contribution in [0.4, 0.5) is 0 Å². The molecule has 0 bridgehead atoms. The fourth-order valence-corrected chi connectivity index (χ4v) is 4.88. The maximum atomic E-state index is 13.0. The summed E-state index contributed by atoms with van der Waals surface area (Å²) in [6.45, 7) is 8.93. The number of hydrogen-bond acceptors (Lipinski definition) is 4. The first-order valence-corrected chi connectivity index (χ1v) is 10.6. The van der Waals surface area contributed by atoms with Crippen molar-refractivity contribution in [1.29, 1.82) is 0 Å². The molecule has 0 radical (unpaired) electrons. The van der Waals surface area contributed by atoms with Gasteiger partial charge in [-0.3, -0.25) is 19.6 Å². The zero-order chi connectivity index (χ0) is 19.6. The molecule has 0 unspecified atom stereocenters. The maximum absolute atomic E-state index is 13.0. The van der Waals surface area contributed by atoms with Crippen LogP contribution in [0.25, 0.3) is 5.65 Å². The highest BCUT2D eigenvalue weighted by Gasteiger charge is 2.44. The average Bonchev–Trinajstić information content (AvgIpc) is 3.08. The molecule has 150 valence electrons. The average molecular weight is 383 g/mol. The van der Waals surface area contributed by atoms with Gasteiger partial charge < -0.3 is 4.90 Å². The third-order valence-corrected chi connectivity index (χ3v) is 6.87. The molecule has 1 saturated heterocycles. The first-order chi connectivity index (χ1) is 13.4. The molecule has 2 fully saturated rings. The Balaban J connectivity index is 1.49. The van der Waals surface area contributed by atoms with Crippen molar-refractivity contribution in [2.24, 2.45) is 11.8 Å². The Kier molecular flexibility index (Phi) is 4.12. The fraction of sp³-hybridized carbons (Fsp3) is 0.667. The summed E-state index contributed by atoms with van der Waals surface area (Å²) in [7, 11) is 0.